The van der Waals surface area contributed by atoms with Gasteiger partial charge in [0, 0.05) is 12.3 Å². The summed E-state index contributed by atoms with van der Waals surface area (Å²) in [6, 6.07) is 8.69. The highest BCUT2D eigenvalue weighted by atomic mass is 32.2. The molecule has 4 fully saturated rings. The second-order valence-corrected chi connectivity index (χ2v) is 19.7. The van der Waals surface area contributed by atoms with Crippen LogP contribution in [0.1, 0.15) is 91.9 Å². The predicted octanol–water partition coefficient (Wildman–Crippen LogP) is 5.41. The maximum atomic E-state index is 15.5. The normalized spacial score (nSPS) is 24.8. The Balaban J connectivity index is 1.20. The lowest BCUT2D eigenvalue weighted by atomic mass is 9.85. The zero-order valence-electron chi connectivity index (χ0n) is 32.7. The van der Waals surface area contributed by atoms with Gasteiger partial charge in [0.25, 0.3) is 5.91 Å². The van der Waals surface area contributed by atoms with Gasteiger partial charge in [-0.3, -0.25) is 19.1 Å². The zero-order chi connectivity index (χ0) is 40.7. The van der Waals surface area contributed by atoms with E-state index in [0.717, 1.165) is 30.6 Å². The molecule has 0 radical (unpaired) electrons. The van der Waals surface area contributed by atoms with Gasteiger partial charge in [0.15, 0.2) is 0 Å². The van der Waals surface area contributed by atoms with Gasteiger partial charge in [-0.15, -0.1) is 11.3 Å². The number of rotatable bonds is 14. The van der Waals surface area contributed by atoms with E-state index < -0.39 is 80.3 Å². The first kappa shape index (κ1) is 40.8. The van der Waals surface area contributed by atoms with Gasteiger partial charge in [-0.1, -0.05) is 52.3 Å². The van der Waals surface area contributed by atoms with E-state index in [9.17, 15) is 27.6 Å². The van der Waals surface area contributed by atoms with Crippen LogP contribution in [0.25, 0.3) is 21.6 Å². The highest BCUT2D eigenvalue weighted by Crippen LogP contribution is 2.49. The predicted molar refractivity (Wildman–Crippen MR) is 211 cm³/mol. The number of carbonyl (C=O) groups excluding carboxylic acids is 4. The Hall–Kier alpha value is -4.38. The molecular weight excluding hydrogens is 776 g/mol. The molecule has 4 aliphatic rings. The molecule has 308 valence electrons. The summed E-state index contributed by atoms with van der Waals surface area (Å²) in [5.41, 5.74) is -0.977. The maximum absolute atomic E-state index is 15.5. The first-order valence-electron chi connectivity index (χ1n) is 19.9. The van der Waals surface area contributed by atoms with Crippen molar-refractivity contribution in [1.29, 1.82) is 0 Å². The highest BCUT2D eigenvalue weighted by Gasteiger charge is 2.66. The minimum atomic E-state index is -4.02. The number of sulfonamides is 1. The number of fused-ring (bicyclic) bond motifs is 1. The number of hydrogen-bond donors (Lipinski definition) is 3. The Morgan fingerprint density at radius 3 is 2.35 bits per heavy atom. The molecule has 1 aromatic carbocycles. The van der Waals surface area contributed by atoms with Crippen LogP contribution in [0, 0.1) is 11.3 Å². The number of likely N-dealkylation sites (tertiary alicyclic amines) is 1. The Labute approximate surface area is 336 Å². The van der Waals surface area contributed by atoms with Crippen LogP contribution in [0.15, 0.2) is 41.8 Å². The number of nitrogens with zero attached hydrogens (tertiary/aromatic N) is 3. The van der Waals surface area contributed by atoms with Crippen molar-refractivity contribution in [3.8, 4) is 16.5 Å². The number of alkyl carbamates (subject to hydrolysis) is 1. The van der Waals surface area contributed by atoms with Crippen molar-refractivity contribution >= 4 is 56.2 Å². The van der Waals surface area contributed by atoms with Crippen LogP contribution in [-0.4, -0.2) is 94.9 Å². The molecule has 0 spiro atoms. The van der Waals surface area contributed by atoms with Crippen molar-refractivity contribution in [2.45, 2.75) is 133 Å². The van der Waals surface area contributed by atoms with Crippen LogP contribution >= 0.6 is 11.3 Å². The molecule has 3 saturated carbocycles. The van der Waals surface area contributed by atoms with E-state index in [1.165, 1.54) is 16.2 Å². The number of nitrogens with one attached hydrogen (secondary N) is 3. The largest absolute Gasteiger partial charge is 0.471 e. The number of aromatic nitrogens is 2. The van der Waals surface area contributed by atoms with Crippen molar-refractivity contribution in [1.82, 2.24) is 30.2 Å². The summed E-state index contributed by atoms with van der Waals surface area (Å²) in [6.07, 6.45) is 1.28. The smallest absolute Gasteiger partial charge is 0.408 e. The summed E-state index contributed by atoms with van der Waals surface area (Å²) in [5.74, 6) is -3.13. The molecule has 57 heavy (non-hydrogen) atoms. The minimum absolute atomic E-state index is 0.0594. The molecule has 1 aliphatic heterocycles. The fourth-order valence-corrected chi connectivity index (χ4v) is 10.0. The zero-order valence-corrected chi connectivity index (χ0v) is 34.3. The Bertz CT molecular complexity index is 2100. The molecule has 14 nitrogen and oxygen atoms in total. The molecule has 4 amide bonds. The van der Waals surface area contributed by atoms with E-state index in [1.54, 1.807) is 33.8 Å². The summed E-state index contributed by atoms with van der Waals surface area (Å²) < 4.78 is 55.6. The van der Waals surface area contributed by atoms with E-state index in [4.69, 9.17) is 19.4 Å². The number of alkyl halides is 1. The molecule has 3 heterocycles. The van der Waals surface area contributed by atoms with Gasteiger partial charge >= 0.3 is 6.09 Å². The van der Waals surface area contributed by atoms with Crippen LogP contribution in [-0.2, 0) is 29.1 Å². The Morgan fingerprint density at radius 1 is 1.02 bits per heavy atom. The molecule has 1 saturated heterocycles. The molecule has 3 aliphatic carbocycles. The number of thiophene rings is 1. The van der Waals surface area contributed by atoms with E-state index in [2.05, 4.69) is 15.4 Å². The second kappa shape index (κ2) is 16.1. The number of hydrogen-bond acceptors (Lipinski definition) is 11. The third-order valence-corrected chi connectivity index (χ3v) is 14.0. The first-order valence-corrected chi connectivity index (χ1v) is 22.3. The van der Waals surface area contributed by atoms with Crippen LogP contribution in [0.2, 0.25) is 0 Å². The standard InChI is InChI=1S/C40H51FN6O8S2/c1-5-11-27(41)26-21-40(26,37(50)46-57(52,53)25-17-18-25)45-34(48)30-20-24(54-35-32(31-16-10-19-56-31)42-28-14-8-9-15-29(28)43-35)22-47(30)36(49)33(39(2,3)4)44-38(51)55-23-12-6-7-13-23/h8-10,14-16,19,23-27,30,33H,5-7,11-13,17-18,20-22H2,1-4H3,(H,44,51)(H,45,48)(H,46,50)/t24-,26+,27?,30+,33-,40-/m1/s1. The van der Waals surface area contributed by atoms with Gasteiger partial charge in [-0.2, -0.15) is 0 Å². The summed E-state index contributed by atoms with van der Waals surface area (Å²) in [7, 11) is -4.02. The van der Waals surface area contributed by atoms with E-state index in [0.29, 0.717) is 36.0 Å². The molecule has 17 heteroatoms. The lowest BCUT2D eigenvalue weighted by Crippen LogP contribution is -2.60. The monoisotopic (exact) mass is 826 g/mol. The molecule has 7 rings (SSSR count). The molecule has 0 bridgehead atoms. The van der Waals surface area contributed by atoms with Gasteiger partial charge in [-0.05, 0) is 80.4 Å². The second-order valence-electron chi connectivity index (χ2n) is 16.8. The number of carbonyl (C=O) groups is 4. The van der Waals surface area contributed by atoms with Crippen molar-refractivity contribution in [2.24, 2.45) is 11.3 Å². The van der Waals surface area contributed by atoms with Crippen LogP contribution in [0.5, 0.6) is 5.88 Å². The summed E-state index contributed by atoms with van der Waals surface area (Å²) >= 11 is 1.45. The van der Waals surface area contributed by atoms with Gasteiger partial charge in [0.2, 0.25) is 27.7 Å². The third-order valence-electron chi connectivity index (χ3n) is 11.3. The fourth-order valence-electron chi connectivity index (χ4n) is 7.94. The average Bonchev–Trinajstić information content (AvgIpc) is 3.93. The van der Waals surface area contributed by atoms with Gasteiger partial charge < -0.3 is 25.0 Å². The van der Waals surface area contributed by atoms with Crippen LogP contribution in [0.4, 0.5) is 9.18 Å². The number of benzene rings is 1. The number of para-hydroxylation sites is 2. The quantitative estimate of drug-likeness (QED) is 0.190. The van der Waals surface area contributed by atoms with Gasteiger partial charge in [0.1, 0.15) is 41.7 Å². The average molecular weight is 827 g/mol. The summed E-state index contributed by atoms with van der Waals surface area (Å²) in [5, 5.41) is 6.68. The molecule has 6 atom stereocenters. The van der Waals surface area contributed by atoms with E-state index in [-0.39, 0.29) is 37.8 Å². The molecule has 3 N–H and O–H groups in total. The Morgan fingerprint density at radius 2 is 1.72 bits per heavy atom. The summed E-state index contributed by atoms with van der Waals surface area (Å²) in [6.45, 7) is 7.04. The van der Waals surface area contributed by atoms with Gasteiger partial charge in [-0.25, -0.2) is 27.6 Å². The minimum Gasteiger partial charge on any atom is -0.471 e. The van der Waals surface area contributed by atoms with Crippen LogP contribution < -0.4 is 20.1 Å². The SMILES string of the molecule is CCCC(F)[C@@H]1C[C@]1(NC(=O)[C@@H]1C[C@@H](Oc2nc3ccccc3nc2-c2cccs2)CN1C(=O)[C@@H](NC(=O)OC1CCCC1)C(C)(C)C)C(=O)NS(=O)(=O)C1CC1. The lowest BCUT2D eigenvalue weighted by molar-refractivity contribution is -0.143. The van der Waals surface area contributed by atoms with Crippen LogP contribution in [0.3, 0.4) is 0 Å². The fraction of sp³-hybridized carbons (Fsp3) is 0.600. The highest BCUT2D eigenvalue weighted by molar-refractivity contribution is 7.91. The number of ether oxygens (including phenoxy) is 2. The molecular formula is C40H51FN6O8S2. The number of halogens is 1. The molecule has 1 unspecified atom stereocenters. The first-order chi connectivity index (χ1) is 27.1. The molecule has 2 aromatic heterocycles. The van der Waals surface area contributed by atoms with Crippen molar-refractivity contribution in [2.75, 3.05) is 6.54 Å². The van der Waals surface area contributed by atoms with Crippen molar-refractivity contribution in [3.63, 3.8) is 0 Å². The third kappa shape index (κ3) is 8.88. The van der Waals surface area contributed by atoms with E-state index in [1.807, 2.05) is 35.7 Å². The Kier molecular flexibility index (Phi) is 11.5. The lowest BCUT2D eigenvalue weighted by Gasteiger charge is -2.35. The van der Waals surface area contributed by atoms with Gasteiger partial charge in [0.05, 0.1) is 27.7 Å². The maximum Gasteiger partial charge on any atom is 0.408 e. The van der Waals surface area contributed by atoms with E-state index >= 15 is 4.39 Å². The summed E-state index contributed by atoms with van der Waals surface area (Å²) in [4.78, 5) is 68.0. The van der Waals surface area contributed by atoms with Crippen molar-refractivity contribution < 1.29 is 41.5 Å². The topological polar surface area (TPSA) is 186 Å². The molecule has 3 aromatic rings. The number of amides is 4. The van der Waals surface area contributed by atoms with Crippen molar-refractivity contribution in [3.05, 3.63) is 41.8 Å².